The predicted molar refractivity (Wildman–Crippen MR) is 83.1 cm³/mol. The predicted octanol–water partition coefficient (Wildman–Crippen LogP) is 1.51. The highest BCUT2D eigenvalue weighted by Gasteiger charge is 2.29. The summed E-state index contributed by atoms with van der Waals surface area (Å²) in [6.07, 6.45) is 0.522. The van der Waals surface area contributed by atoms with Crippen molar-refractivity contribution in [1.29, 1.82) is 0 Å². The number of anilines is 2. The number of likely N-dealkylation sites (N-methyl/N-ethyl adjacent to an activating group) is 1. The SMILES string of the molecule is CCCS(=O)(=O)c1c(N)nsc1N(CC)CC(C)(C)O. The van der Waals surface area contributed by atoms with E-state index in [0.717, 1.165) is 11.5 Å². The smallest absolute Gasteiger partial charge is 0.185 e. The lowest BCUT2D eigenvalue weighted by Gasteiger charge is -2.29. The molecule has 0 unspecified atom stereocenters. The van der Waals surface area contributed by atoms with E-state index in [9.17, 15) is 13.5 Å². The van der Waals surface area contributed by atoms with Gasteiger partial charge in [-0.25, -0.2) is 8.42 Å². The monoisotopic (exact) mass is 321 g/mol. The third-order valence-corrected chi connectivity index (χ3v) is 5.71. The highest BCUT2D eigenvalue weighted by atomic mass is 32.2. The molecular formula is C12H23N3O3S2. The van der Waals surface area contributed by atoms with Crippen LogP contribution in [0, 0.1) is 0 Å². The van der Waals surface area contributed by atoms with Crippen molar-refractivity contribution in [3.05, 3.63) is 0 Å². The second kappa shape index (κ2) is 6.28. The zero-order valence-corrected chi connectivity index (χ0v) is 14.0. The van der Waals surface area contributed by atoms with Gasteiger partial charge in [-0.2, -0.15) is 4.37 Å². The minimum atomic E-state index is -3.44. The highest BCUT2D eigenvalue weighted by molar-refractivity contribution is 7.91. The lowest BCUT2D eigenvalue weighted by molar-refractivity contribution is 0.0876. The molecular weight excluding hydrogens is 298 g/mol. The lowest BCUT2D eigenvalue weighted by atomic mass is 10.1. The lowest BCUT2D eigenvalue weighted by Crippen LogP contribution is -2.38. The van der Waals surface area contributed by atoms with Crippen molar-refractivity contribution in [1.82, 2.24) is 4.37 Å². The van der Waals surface area contributed by atoms with Gasteiger partial charge in [0.25, 0.3) is 0 Å². The molecule has 6 nitrogen and oxygen atoms in total. The third-order valence-electron chi connectivity index (χ3n) is 2.69. The highest BCUT2D eigenvalue weighted by Crippen LogP contribution is 2.36. The fourth-order valence-electron chi connectivity index (χ4n) is 1.94. The second-order valence-corrected chi connectivity index (χ2v) is 8.15. The van der Waals surface area contributed by atoms with Gasteiger partial charge in [0.05, 0.1) is 11.4 Å². The Labute approximate surface area is 124 Å². The van der Waals surface area contributed by atoms with E-state index in [-0.39, 0.29) is 16.5 Å². The summed E-state index contributed by atoms with van der Waals surface area (Å²) in [7, 11) is -3.44. The summed E-state index contributed by atoms with van der Waals surface area (Å²) < 4.78 is 28.6. The summed E-state index contributed by atoms with van der Waals surface area (Å²) in [5.41, 5.74) is 4.81. The molecule has 0 radical (unpaired) electrons. The average molecular weight is 321 g/mol. The molecule has 0 aromatic carbocycles. The molecule has 0 atom stereocenters. The molecule has 0 aliphatic carbocycles. The Morgan fingerprint density at radius 3 is 2.45 bits per heavy atom. The van der Waals surface area contributed by atoms with E-state index in [1.165, 1.54) is 0 Å². The summed E-state index contributed by atoms with van der Waals surface area (Å²) in [4.78, 5) is 1.91. The minimum Gasteiger partial charge on any atom is -0.389 e. The number of nitrogens with zero attached hydrogens (tertiary/aromatic N) is 2. The van der Waals surface area contributed by atoms with E-state index < -0.39 is 15.4 Å². The van der Waals surface area contributed by atoms with Crippen LogP contribution in [0.1, 0.15) is 34.1 Å². The van der Waals surface area contributed by atoms with E-state index in [1.807, 2.05) is 13.8 Å². The van der Waals surface area contributed by atoms with E-state index >= 15 is 0 Å². The average Bonchev–Trinajstić information content (AvgIpc) is 2.67. The van der Waals surface area contributed by atoms with E-state index in [4.69, 9.17) is 5.73 Å². The molecule has 0 spiro atoms. The second-order valence-electron chi connectivity index (χ2n) is 5.35. The van der Waals surface area contributed by atoms with Crippen LogP contribution in [0.25, 0.3) is 0 Å². The van der Waals surface area contributed by atoms with Crippen LogP contribution in [0.5, 0.6) is 0 Å². The van der Waals surface area contributed by atoms with Gasteiger partial charge in [0.15, 0.2) is 15.7 Å². The number of hydrogen-bond donors (Lipinski definition) is 2. The van der Waals surface area contributed by atoms with Crippen molar-refractivity contribution in [2.75, 3.05) is 29.5 Å². The van der Waals surface area contributed by atoms with Crippen molar-refractivity contribution in [3.63, 3.8) is 0 Å². The zero-order chi connectivity index (χ0) is 15.6. The van der Waals surface area contributed by atoms with Crippen LogP contribution in [-0.2, 0) is 9.84 Å². The molecule has 0 aliphatic heterocycles. The van der Waals surface area contributed by atoms with E-state index in [0.29, 0.717) is 24.5 Å². The van der Waals surface area contributed by atoms with Gasteiger partial charge in [0.1, 0.15) is 9.90 Å². The third kappa shape index (κ3) is 4.07. The molecule has 0 bridgehead atoms. The summed E-state index contributed by atoms with van der Waals surface area (Å²) in [6.45, 7) is 7.96. The quantitative estimate of drug-likeness (QED) is 0.790. The summed E-state index contributed by atoms with van der Waals surface area (Å²) >= 11 is 1.06. The number of nitrogen functional groups attached to an aromatic ring is 1. The largest absolute Gasteiger partial charge is 0.389 e. The maximum absolute atomic E-state index is 12.3. The Morgan fingerprint density at radius 2 is 2.00 bits per heavy atom. The van der Waals surface area contributed by atoms with Crippen LogP contribution in [0.15, 0.2) is 4.90 Å². The van der Waals surface area contributed by atoms with Crippen LogP contribution in [0.4, 0.5) is 10.8 Å². The van der Waals surface area contributed by atoms with Gasteiger partial charge in [-0.3, -0.25) is 0 Å². The van der Waals surface area contributed by atoms with Crippen LogP contribution >= 0.6 is 11.5 Å². The first-order chi connectivity index (χ1) is 9.12. The molecule has 1 aromatic heterocycles. The first-order valence-electron chi connectivity index (χ1n) is 6.57. The molecule has 1 rings (SSSR count). The van der Waals surface area contributed by atoms with Crippen molar-refractivity contribution in [2.45, 2.75) is 44.6 Å². The first kappa shape index (κ1) is 17.2. The Hall–Kier alpha value is -0.860. The topological polar surface area (TPSA) is 96.5 Å². The molecule has 116 valence electrons. The van der Waals surface area contributed by atoms with Gasteiger partial charge >= 0.3 is 0 Å². The first-order valence-corrected chi connectivity index (χ1v) is 9.00. The van der Waals surface area contributed by atoms with Crippen molar-refractivity contribution >= 4 is 32.2 Å². The number of nitrogens with two attached hydrogens (primary N) is 1. The van der Waals surface area contributed by atoms with E-state index in [2.05, 4.69) is 4.37 Å². The zero-order valence-electron chi connectivity index (χ0n) is 12.4. The fourth-order valence-corrected chi connectivity index (χ4v) is 4.77. The number of aromatic nitrogens is 1. The minimum absolute atomic E-state index is 0.0443. The van der Waals surface area contributed by atoms with Gasteiger partial charge < -0.3 is 15.7 Å². The molecule has 0 saturated carbocycles. The van der Waals surface area contributed by atoms with Crippen LogP contribution in [-0.4, -0.2) is 42.3 Å². The van der Waals surface area contributed by atoms with Crippen LogP contribution in [0.2, 0.25) is 0 Å². The number of aliphatic hydroxyl groups is 1. The number of hydrogen-bond acceptors (Lipinski definition) is 7. The molecule has 0 aliphatic rings. The Morgan fingerprint density at radius 1 is 1.40 bits per heavy atom. The van der Waals surface area contributed by atoms with Gasteiger partial charge in [0.2, 0.25) is 0 Å². The van der Waals surface area contributed by atoms with Crippen molar-refractivity contribution in [2.24, 2.45) is 0 Å². The fraction of sp³-hybridized carbons (Fsp3) is 0.750. The molecule has 1 heterocycles. The van der Waals surface area contributed by atoms with Gasteiger partial charge in [0, 0.05) is 13.1 Å². The van der Waals surface area contributed by atoms with Gasteiger partial charge in [-0.05, 0) is 38.7 Å². The number of rotatable bonds is 7. The summed E-state index contributed by atoms with van der Waals surface area (Å²) in [5, 5.41) is 10.5. The summed E-state index contributed by atoms with van der Waals surface area (Å²) in [5.74, 6) is 0.0931. The standard InChI is InChI=1S/C12H23N3O3S2/c1-5-7-20(17,18)9-10(13)14-19-11(9)15(6-2)8-12(3,4)16/h16H,5-8H2,1-4H3,(H2,13,14). The molecule has 0 amide bonds. The molecule has 8 heteroatoms. The molecule has 1 aromatic rings. The van der Waals surface area contributed by atoms with Crippen molar-refractivity contribution in [3.8, 4) is 0 Å². The van der Waals surface area contributed by atoms with Gasteiger partial charge in [-0.15, -0.1) is 0 Å². The summed E-state index contributed by atoms with van der Waals surface area (Å²) in [6, 6.07) is 0. The Bertz CT molecular complexity index is 547. The normalized spacial score (nSPS) is 12.7. The Balaban J connectivity index is 3.26. The molecule has 3 N–H and O–H groups in total. The van der Waals surface area contributed by atoms with Crippen LogP contribution in [0.3, 0.4) is 0 Å². The maximum Gasteiger partial charge on any atom is 0.185 e. The van der Waals surface area contributed by atoms with Gasteiger partial charge in [-0.1, -0.05) is 6.92 Å². The van der Waals surface area contributed by atoms with Crippen molar-refractivity contribution < 1.29 is 13.5 Å². The molecule has 0 saturated heterocycles. The van der Waals surface area contributed by atoms with E-state index in [1.54, 1.807) is 18.7 Å². The number of sulfone groups is 1. The molecule has 20 heavy (non-hydrogen) atoms. The Kier molecular flexibility index (Phi) is 5.39. The van der Waals surface area contributed by atoms with Crippen LogP contribution < -0.4 is 10.6 Å². The maximum atomic E-state index is 12.3. The molecule has 0 fully saturated rings.